The maximum atomic E-state index is 11.5. The SMILES string of the molecule is O=C(COCCOCCOCCOCCN1C(=O)C=CC1=O)ON1C(=O)CCC1=O. The molecule has 30 heavy (non-hydrogen) atoms. The zero-order valence-corrected chi connectivity index (χ0v) is 16.4. The largest absolute Gasteiger partial charge is 0.377 e. The molecule has 2 aliphatic heterocycles. The van der Waals surface area contributed by atoms with Crippen LogP contribution in [0.2, 0.25) is 0 Å². The molecule has 4 amide bonds. The van der Waals surface area contributed by atoms with E-state index >= 15 is 0 Å². The van der Waals surface area contributed by atoms with Gasteiger partial charge in [0.05, 0.1) is 52.8 Å². The molecular formula is C18H24N2O10. The second kappa shape index (κ2) is 12.8. The number of hydroxylamine groups is 2. The second-order valence-corrected chi connectivity index (χ2v) is 6.10. The van der Waals surface area contributed by atoms with Crippen molar-refractivity contribution in [1.82, 2.24) is 9.96 Å². The Bertz CT molecular complexity index is 644. The van der Waals surface area contributed by atoms with Crippen LogP contribution in [0, 0.1) is 0 Å². The average molecular weight is 428 g/mol. The Balaban J connectivity index is 1.33. The van der Waals surface area contributed by atoms with Gasteiger partial charge in [0.1, 0.15) is 6.61 Å². The fraction of sp³-hybridized carbons (Fsp3) is 0.611. The van der Waals surface area contributed by atoms with Crippen LogP contribution in [0.4, 0.5) is 0 Å². The quantitative estimate of drug-likeness (QED) is 0.226. The van der Waals surface area contributed by atoms with Gasteiger partial charge in [-0.25, -0.2) is 4.79 Å². The van der Waals surface area contributed by atoms with Crippen LogP contribution in [0.15, 0.2) is 12.2 Å². The van der Waals surface area contributed by atoms with Gasteiger partial charge in [-0.05, 0) is 0 Å². The minimum absolute atomic E-state index is 0.0351. The van der Waals surface area contributed by atoms with Crippen LogP contribution >= 0.6 is 0 Å². The molecule has 2 aliphatic rings. The first-order chi connectivity index (χ1) is 14.5. The van der Waals surface area contributed by atoms with Crippen molar-refractivity contribution in [2.24, 2.45) is 0 Å². The summed E-state index contributed by atoms with van der Waals surface area (Å²) < 4.78 is 20.9. The highest BCUT2D eigenvalue weighted by Gasteiger charge is 2.32. The minimum Gasteiger partial charge on any atom is -0.377 e. The van der Waals surface area contributed by atoms with Crippen molar-refractivity contribution in [3.8, 4) is 0 Å². The molecule has 12 nitrogen and oxygen atoms in total. The van der Waals surface area contributed by atoms with E-state index in [9.17, 15) is 24.0 Å². The van der Waals surface area contributed by atoms with Crippen molar-refractivity contribution in [2.75, 3.05) is 59.4 Å². The van der Waals surface area contributed by atoms with E-state index in [1.807, 2.05) is 0 Å². The molecule has 0 aliphatic carbocycles. The maximum Gasteiger partial charge on any atom is 0.358 e. The fourth-order valence-corrected chi connectivity index (χ4v) is 2.41. The molecule has 166 valence electrons. The lowest BCUT2D eigenvalue weighted by molar-refractivity contribution is -0.200. The van der Waals surface area contributed by atoms with E-state index in [1.54, 1.807) is 0 Å². The Labute approximate surface area is 172 Å². The van der Waals surface area contributed by atoms with Crippen molar-refractivity contribution in [2.45, 2.75) is 12.8 Å². The number of imide groups is 2. The number of hydrogen-bond donors (Lipinski definition) is 0. The first-order valence-corrected chi connectivity index (χ1v) is 9.40. The predicted molar refractivity (Wildman–Crippen MR) is 96.3 cm³/mol. The summed E-state index contributed by atoms with van der Waals surface area (Å²) in [6.07, 6.45) is 2.52. The highest BCUT2D eigenvalue weighted by atomic mass is 16.7. The molecule has 0 spiro atoms. The molecule has 0 atom stereocenters. The van der Waals surface area contributed by atoms with Crippen molar-refractivity contribution in [3.63, 3.8) is 0 Å². The zero-order chi connectivity index (χ0) is 21.8. The summed E-state index contributed by atoms with van der Waals surface area (Å²) in [6, 6.07) is 0. The molecule has 0 aromatic rings. The third kappa shape index (κ3) is 7.99. The van der Waals surface area contributed by atoms with Gasteiger partial charge >= 0.3 is 5.97 Å². The van der Waals surface area contributed by atoms with Gasteiger partial charge in [0.15, 0.2) is 0 Å². The first kappa shape index (κ1) is 23.6. The third-order valence-corrected chi connectivity index (χ3v) is 3.89. The van der Waals surface area contributed by atoms with Crippen LogP contribution in [0.25, 0.3) is 0 Å². The van der Waals surface area contributed by atoms with E-state index in [0.29, 0.717) is 31.5 Å². The third-order valence-electron chi connectivity index (χ3n) is 3.89. The first-order valence-electron chi connectivity index (χ1n) is 9.40. The highest BCUT2D eigenvalue weighted by molar-refractivity contribution is 6.12. The summed E-state index contributed by atoms with van der Waals surface area (Å²) in [4.78, 5) is 62.4. The van der Waals surface area contributed by atoms with E-state index in [2.05, 4.69) is 4.84 Å². The van der Waals surface area contributed by atoms with Gasteiger partial charge in [0, 0.05) is 25.0 Å². The number of hydrogen-bond acceptors (Lipinski definition) is 10. The number of ether oxygens (including phenoxy) is 4. The van der Waals surface area contributed by atoms with E-state index in [4.69, 9.17) is 18.9 Å². The lowest BCUT2D eigenvalue weighted by Gasteiger charge is -2.13. The van der Waals surface area contributed by atoms with E-state index in [-0.39, 0.29) is 51.0 Å². The second-order valence-electron chi connectivity index (χ2n) is 6.10. The van der Waals surface area contributed by atoms with Crippen LogP contribution in [0.5, 0.6) is 0 Å². The Hall–Kier alpha value is -2.67. The van der Waals surface area contributed by atoms with Crippen LogP contribution in [0.3, 0.4) is 0 Å². The monoisotopic (exact) mass is 428 g/mol. The molecule has 0 radical (unpaired) electrons. The maximum absolute atomic E-state index is 11.5. The number of nitrogens with zero attached hydrogens (tertiary/aromatic N) is 2. The van der Waals surface area contributed by atoms with Crippen molar-refractivity contribution >= 4 is 29.6 Å². The molecule has 0 unspecified atom stereocenters. The van der Waals surface area contributed by atoms with Gasteiger partial charge in [0.25, 0.3) is 23.6 Å². The summed E-state index contributed by atoms with van der Waals surface area (Å²) in [7, 11) is 0. The van der Waals surface area contributed by atoms with Crippen molar-refractivity contribution < 1.29 is 47.8 Å². The van der Waals surface area contributed by atoms with Crippen LogP contribution in [-0.2, 0) is 47.8 Å². The smallest absolute Gasteiger partial charge is 0.358 e. The number of amides is 4. The van der Waals surface area contributed by atoms with Gasteiger partial charge in [0.2, 0.25) is 0 Å². The van der Waals surface area contributed by atoms with E-state index in [0.717, 1.165) is 4.90 Å². The van der Waals surface area contributed by atoms with Crippen LogP contribution in [0.1, 0.15) is 12.8 Å². The minimum atomic E-state index is -0.836. The topological polar surface area (TPSA) is 138 Å². The molecule has 2 heterocycles. The Morgan fingerprint density at radius 1 is 0.733 bits per heavy atom. The predicted octanol–water partition coefficient (Wildman–Crippen LogP) is -1.41. The molecule has 0 saturated carbocycles. The number of carbonyl (C=O) groups excluding carboxylic acids is 5. The van der Waals surface area contributed by atoms with Gasteiger partial charge in [-0.3, -0.25) is 24.1 Å². The molecule has 0 bridgehead atoms. The fourth-order valence-electron chi connectivity index (χ4n) is 2.41. The summed E-state index contributed by atoms with van der Waals surface area (Å²) >= 11 is 0. The molecule has 0 N–H and O–H groups in total. The molecular weight excluding hydrogens is 404 g/mol. The lowest BCUT2D eigenvalue weighted by Crippen LogP contribution is -2.33. The molecule has 2 rings (SSSR count). The van der Waals surface area contributed by atoms with Gasteiger partial charge in [-0.1, -0.05) is 0 Å². The van der Waals surface area contributed by atoms with Crippen LogP contribution in [-0.4, -0.2) is 99.0 Å². The Kier molecular flexibility index (Phi) is 10.1. The van der Waals surface area contributed by atoms with Gasteiger partial charge in [-0.2, -0.15) is 0 Å². The van der Waals surface area contributed by atoms with Crippen LogP contribution < -0.4 is 0 Å². The summed E-state index contributed by atoms with van der Waals surface area (Å²) in [5.41, 5.74) is 0. The Morgan fingerprint density at radius 2 is 1.20 bits per heavy atom. The number of carbonyl (C=O) groups is 5. The summed E-state index contributed by atoms with van der Waals surface area (Å²) in [6.45, 7) is 1.68. The Morgan fingerprint density at radius 3 is 1.73 bits per heavy atom. The standard InChI is InChI=1S/C18H24N2O10/c21-14-1-2-15(22)19(14)5-6-26-7-8-27-9-10-28-11-12-29-13-18(25)30-20-16(23)3-4-17(20)24/h1-2H,3-13H2. The van der Waals surface area contributed by atoms with E-state index in [1.165, 1.54) is 12.2 Å². The summed E-state index contributed by atoms with van der Waals surface area (Å²) in [5, 5.41) is 0.464. The summed E-state index contributed by atoms with van der Waals surface area (Å²) in [5.74, 6) is -2.60. The van der Waals surface area contributed by atoms with Gasteiger partial charge in [-0.15, -0.1) is 5.06 Å². The van der Waals surface area contributed by atoms with Gasteiger partial charge < -0.3 is 23.8 Å². The molecule has 1 saturated heterocycles. The highest BCUT2D eigenvalue weighted by Crippen LogP contribution is 2.11. The van der Waals surface area contributed by atoms with Crippen molar-refractivity contribution in [3.05, 3.63) is 12.2 Å². The molecule has 12 heteroatoms. The lowest BCUT2D eigenvalue weighted by atomic mass is 10.4. The van der Waals surface area contributed by atoms with Crippen molar-refractivity contribution in [1.29, 1.82) is 0 Å². The molecule has 1 fully saturated rings. The normalized spacial score (nSPS) is 16.3. The average Bonchev–Trinajstić information content (AvgIpc) is 3.21. The zero-order valence-electron chi connectivity index (χ0n) is 16.4. The molecule has 0 aromatic heterocycles. The molecule has 0 aromatic carbocycles. The number of rotatable bonds is 15. The van der Waals surface area contributed by atoms with E-state index < -0.39 is 24.4 Å².